The molecule has 4 N–H and O–H groups in total. The molecular formula is C13H13BrN4O3. The molecular weight excluding hydrogens is 340 g/mol. The lowest BCUT2D eigenvalue weighted by Gasteiger charge is -2.10. The Morgan fingerprint density at radius 2 is 2.14 bits per heavy atom. The number of amides is 1. The van der Waals surface area contributed by atoms with Crippen molar-refractivity contribution in [3.05, 3.63) is 55.3 Å². The maximum absolute atomic E-state index is 12.0. The molecule has 2 aromatic rings. The van der Waals surface area contributed by atoms with Crippen molar-refractivity contribution in [3.8, 4) is 0 Å². The number of nitrogens with zero attached hydrogens (tertiary/aromatic N) is 1. The fourth-order valence-corrected chi connectivity index (χ4v) is 2.07. The summed E-state index contributed by atoms with van der Waals surface area (Å²) in [6.45, 7) is 1.61. The Labute approximate surface area is 127 Å². The van der Waals surface area contributed by atoms with Gasteiger partial charge in [-0.1, -0.05) is 6.07 Å². The van der Waals surface area contributed by atoms with Crippen molar-refractivity contribution in [3.63, 3.8) is 0 Å². The quantitative estimate of drug-likeness (QED) is 0.710. The van der Waals surface area contributed by atoms with Gasteiger partial charge in [0, 0.05) is 17.6 Å². The van der Waals surface area contributed by atoms with Crippen LogP contribution in [0.25, 0.3) is 0 Å². The number of hydrogen-bond donors (Lipinski definition) is 3. The molecule has 110 valence electrons. The molecule has 0 aliphatic carbocycles. The zero-order valence-corrected chi connectivity index (χ0v) is 12.7. The van der Waals surface area contributed by atoms with Crippen LogP contribution in [-0.2, 0) is 11.3 Å². The summed E-state index contributed by atoms with van der Waals surface area (Å²) < 4.78 is 1.28. The van der Waals surface area contributed by atoms with E-state index in [4.69, 9.17) is 5.73 Å². The summed E-state index contributed by atoms with van der Waals surface area (Å²) in [5.74, 6) is -0.398. The highest BCUT2D eigenvalue weighted by Gasteiger charge is 2.09. The van der Waals surface area contributed by atoms with Gasteiger partial charge >= 0.3 is 5.69 Å². The van der Waals surface area contributed by atoms with Crippen LogP contribution in [0.1, 0.15) is 5.56 Å². The number of carbonyl (C=O) groups is 1. The third kappa shape index (κ3) is 3.60. The van der Waals surface area contributed by atoms with Gasteiger partial charge < -0.3 is 11.1 Å². The predicted molar refractivity (Wildman–Crippen MR) is 83.2 cm³/mol. The molecule has 0 aliphatic rings. The smallest absolute Gasteiger partial charge is 0.328 e. The third-order valence-electron chi connectivity index (χ3n) is 2.82. The number of aryl methyl sites for hydroxylation is 1. The number of nitrogens with one attached hydrogen (secondary N) is 2. The highest BCUT2D eigenvalue weighted by molar-refractivity contribution is 9.10. The van der Waals surface area contributed by atoms with Gasteiger partial charge in [0.2, 0.25) is 5.91 Å². The van der Waals surface area contributed by atoms with E-state index in [2.05, 4.69) is 26.2 Å². The lowest BCUT2D eigenvalue weighted by molar-refractivity contribution is -0.116. The van der Waals surface area contributed by atoms with Crippen molar-refractivity contribution in [2.45, 2.75) is 13.5 Å². The maximum Gasteiger partial charge on any atom is 0.328 e. The van der Waals surface area contributed by atoms with Gasteiger partial charge in [0.15, 0.2) is 0 Å². The summed E-state index contributed by atoms with van der Waals surface area (Å²) in [4.78, 5) is 36.9. The van der Waals surface area contributed by atoms with Gasteiger partial charge in [0.05, 0.1) is 4.47 Å². The first-order valence-electron chi connectivity index (χ1n) is 6.02. The van der Waals surface area contributed by atoms with Crippen molar-refractivity contribution in [2.24, 2.45) is 0 Å². The molecule has 21 heavy (non-hydrogen) atoms. The molecule has 1 heterocycles. The molecule has 8 heteroatoms. The number of benzene rings is 1. The van der Waals surface area contributed by atoms with E-state index in [9.17, 15) is 14.4 Å². The van der Waals surface area contributed by atoms with Crippen LogP contribution in [0.2, 0.25) is 0 Å². The summed E-state index contributed by atoms with van der Waals surface area (Å²) in [6.07, 6.45) is 1.27. The summed E-state index contributed by atoms with van der Waals surface area (Å²) in [6, 6.07) is 5.15. The van der Waals surface area contributed by atoms with E-state index in [-0.39, 0.29) is 11.0 Å². The monoisotopic (exact) mass is 352 g/mol. The Morgan fingerprint density at radius 1 is 1.43 bits per heavy atom. The maximum atomic E-state index is 12.0. The third-order valence-corrected chi connectivity index (χ3v) is 3.38. The average Bonchev–Trinajstić information content (AvgIpc) is 2.40. The molecule has 0 spiro atoms. The van der Waals surface area contributed by atoms with Crippen LogP contribution in [0, 0.1) is 6.92 Å². The van der Waals surface area contributed by atoms with E-state index in [1.165, 1.54) is 6.20 Å². The highest BCUT2D eigenvalue weighted by atomic mass is 79.9. The first kappa shape index (κ1) is 15.0. The van der Waals surface area contributed by atoms with Gasteiger partial charge in [-0.3, -0.25) is 19.1 Å². The van der Waals surface area contributed by atoms with Crippen LogP contribution in [-0.4, -0.2) is 15.5 Å². The molecule has 0 saturated heterocycles. The second-order valence-electron chi connectivity index (χ2n) is 4.49. The minimum absolute atomic E-state index is 0.176. The van der Waals surface area contributed by atoms with Crippen molar-refractivity contribution < 1.29 is 4.79 Å². The minimum Gasteiger partial charge on any atom is -0.399 e. The Balaban J connectivity index is 2.19. The van der Waals surface area contributed by atoms with Crippen LogP contribution in [0.5, 0.6) is 0 Å². The number of halogens is 1. The van der Waals surface area contributed by atoms with E-state index in [0.29, 0.717) is 11.4 Å². The average molecular weight is 353 g/mol. The van der Waals surface area contributed by atoms with Gasteiger partial charge in [0.1, 0.15) is 6.54 Å². The summed E-state index contributed by atoms with van der Waals surface area (Å²) in [5, 5.41) is 2.67. The number of hydrogen-bond acceptors (Lipinski definition) is 4. The second-order valence-corrected chi connectivity index (χ2v) is 5.34. The van der Waals surface area contributed by atoms with Gasteiger partial charge in [0.25, 0.3) is 5.56 Å². The van der Waals surface area contributed by atoms with E-state index >= 15 is 0 Å². The van der Waals surface area contributed by atoms with Crippen LogP contribution in [0.3, 0.4) is 0 Å². The Kier molecular flexibility index (Phi) is 4.27. The molecule has 0 bridgehead atoms. The number of rotatable bonds is 3. The van der Waals surface area contributed by atoms with Gasteiger partial charge in [-0.05, 0) is 40.5 Å². The van der Waals surface area contributed by atoms with Gasteiger partial charge in [-0.2, -0.15) is 0 Å². The molecule has 7 nitrogen and oxygen atoms in total. The lowest BCUT2D eigenvalue weighted by atomic mass is 10.2. The number of nitrogen functional groups attached to an aromatic ring is 1. The van der Waals surface area contributed by atoms with Crippen LogP contribution in [0.15, 0.2) is 38.5 Å². The van der Waals surface area contributed by atoms with E-state index < -0.39 is 17.2 Å². The number of anilines is 2. The first-order valence-corrected chi connectivity index (χ1v) is 6.81. The number of H-pyrrole nitrogens is 1. The fourth-order valence-electron chi connectivity index (χ4n) is 1.72. The molecule has 0 radical (unpaired) electrons. The predicted octanol–water partition coefficient (Wildman–Crippen LogP) is 0.828. The molecule has 1 aromatic heterocycles. The number of aromatic amines is 1. The van der Waals surface area contributed by atoms with Crippen molar-refractivity contribution in [1.82, 2.24) is 9.55 Å². The Hall–Kier alpha value is -2.35. The van der Waals surface area contributed by atoms with Crippen LogP contribution in [0.4, 0.5) is 11.4 Å². The van der Waals surface area contributed by atoms with Gasteiger partial charge in [-0.15, -0.1) is 0 Å². The normalized spacial score (nSPS) is 10.4. The zero-order valence-electron chi connectivity index (χ0n) is 11.1. The number of nitrogens with two attached hydrogens (primary N) is 1. The number of carbonyl (C=O) groups excluding carboxylic acids is 1. The highest BCUT2D eigenvalue weighted by Crippen LogP contribution is 2.17. The SMILES string of the molecule is Cc1ccc(N)cc1NC(=O)Cn1cc(Br)c(=O)[nH]c1=O. The molecule has 1 aromatic carbocycles. The van der Waals surface area contributed by atoms with E-state index in [0.717, 1.165) is 10.1 Å². The molecule has 0 saturated carbocycles. The largest absolute Gasteiger partial charge is 0.399 e. The Bertz CT molecular complexity index is 810. The second kappa shape index (κ2) is 5.96. The number of aromatic nitrogens is 2. The van der Waals surface area contributed by atoms with Crippen molar-refractivity contribution in [2.75, 3.05) is 11.1 Å². The molecule has 0 unspecified atom stereocenters. The summed E-state index contributed by atoms with van der Waals surface area (Å²) in [7, 11) is 0. The minimum atomic E-state index is -0.650. The molecule has 1 amide bonds. The van der Waals surface area contributed by atoms with E-state index in [1.54, 1.807) is 18.2 Å². The van der Waals surface area contributed by atoms with Crippen molar-refractivity contribution >= 4 is 33.2 Å². The zero-order chi connectivity index (χ0) is 15.6. The topological polar surface area (TPSA) is 110 Å². The van der Waals surface area contributed by atoms with Crippen LogP contribution < -0.4 is 22.3 Å². The molecule has 0 atom stereocenters. The standard InChI is InChI=1S/C13H13BrN4O3/c1-7-2-3-8(15)4-10(7)16-11(19)6-18-5-9(14)12(20)17-13(18)21/h2-5H,6,15H2,1H3,(H,16,19)(H,17,20,21). The molecule has 0 fully saturated rings. The summed E-state index contributed by atoms with van der Waals surface area (Å²) in [5.41, 5.74) is 6.44. The van der Waals surface area contributed by atoms with Crippen molar-refractivity contribution in [1.29, 1.82) is 0 Å². The Morgan fingerprint density at radius 3 is 2.86 bits per heavy atom. The molecule has 2 rings (SSSR count). The fraction of sp³-hybridized carbons (Fsp3) is 0.154. The van der Waals surface area contributed by atoms with Crippen LogP contribution >= 0.6 is 15.9 Å². The first-order chi connectivity index (χ1) is 9.86. The lowest BCUT2D eigenvalue weighted by Crippen LogP contribution is -2.33. The van der Waals surface area contributed by atoms with E-state index in [1.807, 2.05) is 6.92 Å². The van der Waals surface area contributed by atoms with Gasteiger partial charge in [-0.25, -0.2) is 4.79 Å². The summed E-state index contributed by atoms with van der Waals surface area (Å²) >= 11 is 3.01. The molecule has 0 aliphatic heterocycles.